The van der Waals surface area contributed by atoms with E-state index in [2.05, 4.69) is 5.32 Å². The van der Waals surface area contributed by atoms with Crippen LogP contribution in [0, 0.1) is 18.6 Å². The molecule has 2 aromatic carbocycles. The summed E-state index contributed by atoms with van der Waals surface area (Å²) in [6.45, 7) is 1.06. The highest BCUT2D eigenvalue weighted by atomic mass is 35.5. The van der Waals surface area contributed by atoms with Gasteiger partial charge in [0.15, 0.2) is 0 Å². The second-order valence-corrected chi connectivity index (χ2v) is 7.72. The number of nitrogens with zero attached hydrogens (tertiary/aromatic N) is 1. The number of amides is 1. The first-order valence-electron chi connectivity index (χ1n) is 7.06. The van der Waals surface area contributed by atoms with Gasteiger partial charge in [0.2, 0.25) is 15.9 Å². The Labute approximate surface area is 149 Å². The second kappa shape index (κ2) is 7.37. The molecule has 0 aromatic heterocycles. The molecular weight excluding hydrogens is 374 g/mol. The Kier molecular flexibility index (Phi) is 5.64. The van der Waals surface area contributed by atoms with Crippen molar-refractivity contribution in [1.29, 1.82) is 0 Å². The zero-order chi connectivity index (χ0) is 18.8. The largest absolute Gasteiger partial charge is 0.324 e. The van der Waals surface area contributed by atoms with Crippen LogP contribution < -0.4 is 9.62 Å². The van der Waals surface area contributed by atoms with E-state index in [4.69, 9.17) is 11.6 Å². The quantitative estimate of drug-likeness (QED) is 0.854. The molecule has 0 unspecified atom stereocenters. The summed E-state index contributed by atoms with van der Waals surface area (Å²) in [5.41, 5.74) is 0.712. The highest BCUT2D eigenvalue weighted by Gasteiger charge is 2.24. The summed E-state index contributed by atoms with van der Waals surface area (Å²) < 4.78 is 51.4. The van der Waals surface area contributed by atoms with Crippen LogP contribution in [0.25, 0.3) is 0 Å². The molecule has 0 aliphatic rings. The molecule has 1 N–H and O–H groups in total. The summed E-state index contributed by atoms with van der Waals surface area (Å²) in [6.07, 6.45) is 0.827. The van der Waals surface area contributed by atoms with Gasteiger partial charge in [-0.2, -0.15) is 0 Å². The Balaban J connectivity index is 2.28. The molecular formula is C16H15ClF2N2O3S. The van der Waals surface area contributed by atoms with Crippen LogP contribution in [0.5, 0.6) is 0 Å². The molecule has 0 aliphatic heterocycles. The average molecular weight is 389 g/mol. The molecule has 0 spiro atoms. The number of nitrogens with one attached hydrogen (secondary N) is 1. The Hall–Kier alpha value is -2.19. The van der Waals surface area contributed by atoms with Crippen LogP contribution in [0.15, 0.2) is 36.4 Å². The molecule has 25 heavy (non-hydrogen) atoms. The van der Waals surface area contributed by atoms with Crippen LogP contribution in [0.2, 0.25) is 5.02 Å². The van der Waals surface area contributed by atoms with Crippen LogP contribution in [0.4, 0.5) is 20.2 Å². The maximum Gasteiger partial charge on any atom is 0.245 e. The molecule has 1 amide bonds. The van der Waals surface area contributed by atoms with Crippen molar-refractivity contribution in [2.75, 3.05) is 22.4 Å². The summed E-state index contributed by atoms with van der Waals surface area (Å²) >= 11 is 5.87. The van der Waals surface area contributed by atoms with Gasteiger partial charge in [-0.1, -0.05) is 17.7 Å². The molecule has 0 radical (unpaired) electrons. The van der Waals surface area contributed by atoms with E-state index in [9.17, 15) is 22.0 Å². The summed E-state index contributed by atoms with van der Waals surface area (Å²) in [7, 11) is -3.97. The molecule has 0 saturated carbocycles. The number of halogens is 3. The topological polar surface area (TPSA) is 66.5 Å². The fourth-order valence-corrected chi connectivity index (χ4v) is 3.14. The summed E-state index contributed by atoms with van der Waals surface area (Å²) in [5.74, 6) is -2.63. The number of rotatable bonds is 5. The number of sulfonamides is 1. The van der Waals surface area contributed by atoms with Gasteiger partial charge in [0.1, 0.15) is 18.2 Å². The van der Waals surface area contributed by atoms with E-state index in [1.165, 1.54) is 6.07 Å². The van der Waals surface area contributed by atoms with E-state index >= 15 is 0 Å². The number of carbonyl (C=O) groups excluding carboxylic acids is 1. The third-order valence-corrected chi connectivity index (χ3v) is 4.70. The van der Waals surface area contributed by atoms with Crippen LogP contribution >= 0.6 is 11.6 Å². The molecule has 2 rings (SSSR count). The van der Waals surface area contributed by atoms with E-state index < -0.39 is 39.8 Å². The van der Waals surface area contributed by atoms with Crippen LogP contribution in [0.3, 0.4) is 0 Å². The van der Waals surface area contributed by atoms with Gasteiger partial charge in [-0.3, -0.25) is 9.10 Å². The smallest absolute Gasteiger partial charge is 0.245 e. The monoisotopic (exact) mass is 388 g/mol. The number of aryl methyl sites for hydroxylation is 1. The lowest BCUT2D eigenvalue weighted by Gasteiger charge is -2.22. The Morgan fingerprint density at radius 1 is 1.20 bits per heavy atom. The van der Waals surface area contributed by atoms with Gasteiger partial charge in [-0.05, 0) is 36.8 Å². The van der Waals surface area contributed by atoms with Gasteiger partial charge in [-0.25, -0.2) is 17.2 Å². The van der Waals surface area contributed by atoms with Crippen molar-refractivity contribution in [1.82, 2.24) is 0 Å². The normalized spacial score (nSPS) is 11.2. The minimum Gasteiger partial charge on any atom is -0.324 e. The van der Waals surface area contributed by atoms with E-state index in [-0.39, 0.29) is 0 Å². The molecule has 0 aliphatic carbocycles. The lowest BCUT2D eigenvalue weighted by molar-refractivity contribution is -0.114. The minimum absolute atomic E-state index is 0.394. The maximum atomic E-state index is 13.9. The van der Waals surface area contributed by atoms with E-state index in [0.717, 1.165) is 24.0 Å². The van der Waals surface area contributed by atoms with Gasteiger partial charge >= 0.3 is 0 Å². The minimum atomic E-state index is -3.97. The second-order valence-electron chi connectivity index (χ2n) is 5.37. The lowest BCUT2D eigenvalue weighted by atomic mass is 10.2. The first-order chi connectivity index (χ1) is 11.6. The van der Waals surface area contributed by atoms with Crippen molar-refractivity contribution in [2.24, 2.45) is 0 Å². The standard InChI is InChI=1S/C16H15ClF2N2O3S/c1-10-3-4-11(17)7-14(10)20-16(22)9-21(25(2,23)24)15-6-5-12(18)8-13(15)19/h3-8H,9H2,1-2H3,(H,20,22). The van der Waals surface area contributed by atoms with Crippen LogP contribution in [0.1, 0.15) is 5.56 Å². The predicted octanol–water partition coefficient (Wildman–Crippen LogP) is 3.33. The fourth-order valence-electron chi connectivity index (χ4n) is 2.11. The summed E-state index contributed by atoms with van der Waals surface area (Å²) in [5, 5.41) is 2.92. The number of hydrogen-bond donors (Lipinski definition) is 1. The number of carbonyl (C=O) groups is 1. The molecule has 0 heterocycles. The molecule has 0 atom stereocenters. The van der Waals surface area contributed by atoms with Gasteiger partial charge in [0.25, 0.3) is 0 Å². The highest BCUT2D eigenvalue weighted by Crippen LogP contribution is 2.24. The number of hydrogen-bond acceptors (Lipinski definition) is 3. The highest BCUT2D eigenvalue weighted by molar-refractivity contribution is 7.92. The van der Waals surface area contributed by atoms with Crippen molar-refractivity contribution in [2.45, 2.75) is 6.92 Å². The van der Waals surface area contributed by atoms with Gasteiger partial charge in [-0.15, -0.1) is 0 Å². The van der Waals surface area contributed by atoms with Crippen LogP contribution in [-0.2, 0) is 14.8 Å². The molecule has 0 bridgehead atoms. The van der Waals surface area contributed by atoms with Crippen molar-refractivity contribution in [3.8, 4) is 0 Å². The fraction of sp³-hybridized carbons (Fsp3) is 0.188. The van der Waals surface area contributed by atoms with E-state index in [1.54, 1.807) is 19.1 Å². The van der Waals surface area contributed by atoms with Crippen LogP contribution in [-0.4, -0.2) is 27.1 Å². The van der Waals surface area contributed by atoms with Gasteiger partial charge in [0, 0.05) is 16.8 Å². The third-order valence-electron chi connectivity index (χ3n) is 3.34. The number of anilines is 2. The van der Waals surface area contributed by atoms with Gasteiger partial charge in [0.05, 0.1) is 11.9 Å². The third kappa shape index (κ3) is 4.90. The molecule has 2 aromatic rings. The first kappa shape index (κ1) is 19.1. The molecule has 5 nitrogen and oxygen atoms in total. The Morgan fingerprint density at radius 3 is 2.48 bits per heavy atom. The zero-order valence-electron chi connectivity index (χ0n) is 13.4. The Morgan fingerprint density at radius 2 is 1.88 bits per heavy atom. The van der Waals surface area contributed by atoms with Crippen molar-refractivity contribution in [3.63, 3.8) is 0 Å². The average Bonchev–Trinajstić information content (AvgIpc) is 2.48. The summed E-state index contributed by atoms with van der Waals surface area (Å²) in [6, 6.07) is 7.26. The summed E-state index contributed by atoms with van der Waals surface area (Å²) in [4.78, 5) is 12.2. The lowest BCUT2D eigenvalue weighted by Crippen LogP contribution is -2.38. The predicted molar refractivity (Wildman–Crippen MR) is 93.4 cm³/mol. The van der Waals surface area contributed by atoms with E-state index in [1.807, 2.05) is 0 Å². The molecule has 0 saturated heterocycles. The maximum absolute atomic E-state index is 13.9. The van der Waals surface area contributed by atoms with E-state index in [0.29, 0.717) is 21.1 Å². The first-order valence-corrected chi connectivity index (χ1v) is 9.29. The van der Waals surface area contributed by atoms with Gasteiger partial charge < -0.3 is 5.32 Å². The molecule has 9 heteroatoms. The van der Waals surface area contributed by atoms with Crippen molar-refractivity contribution in [3.05, 3.63) is 58.6 Å². The molecule has 134 valence electrons. The van der Waals surface area contributed by atoms with Crippen molar-refractivity contribution >= 4 is 38.9 Å². The number of benzene rings is 2. The molecule has 0 fully saturated rings. The SMILES string of the molecule is Cc1ccc(Cl)cc1NC(=O)CN(c1ccc(F)cc1F)S(C)(=O)=O. The van der Waals surface area contributed by atoms with Crippen molar-refractivity contribution < 1.29 is 22.0 Å². The Bertz CT molecular complexity index is 920. The zero-order valence-corrected chi connectivity index (χ0v) is 15.0.